The van der Waals surface area contributed by atoms with Gasteiger partial charge in [0, 0.05) is 30.9 Å². The lowest BCUT2D eigenvalue weighted by atomic mass is 9.85. The van der Waals surface area contributed by atoms with Crippen LogP contribution in [0.3, 0.4) is 0 Å². The number of aromatic amines is 1. The van der Waals surface area contributed by atoms with Crippen molar-refractivity contribution in [3.8, 4) is 17.2 Å². The summed E-state index contributed by atoms with van der Waals surface area (Å²) in [5, 5.41) is 19.4. The molecule has 0 bridgehead atoms. The number of aromatic nitrogens is 2. The van der Waals surface area contributed by atoms with Gasteiger partial charge >= 0.3 is 0 Å². The van der Waals surface area contributed by atoms with Crippen LogP contribution in [0.4, 0.5) is 0 Å². The summed E-state index contributed by atoms with van der Waals surface area (Å²) >= 11 is 0. The lowest BCUT2D eigenvalue weighted by Crippen LogP contribution is -2.48. The second-order valence-corrected chi connectivity index (χ2v) is 7.86. The summed E-state index contributed by atoms with van der Waals surface area (Å²) in [6.45, 7) is 3.09. The van der Waals surface area contributed by atoms with Crippen molar-refractivity contribution < 1.29 is 9.90 Å². The fourth-order valence-electron chi connectivity index (χ4n) is 4.41. The molecule has 3 heterocycles. The molecule has 30 heavy (non-hydrogen) atoms. The van der Waals surface area contributed by atoms with Crippen LogP contribution in [0.15, 0.2) is 36.7 Å². The molecule has 1 saturated heterocycles. The maximum atomic E-state index is 12.2. The number of pyridine rings is 1. The average Bonchev–Trinajstić information content (AvgIpc) is 3.21. The molecule has 4 N–H and O–H groups in total. The fraction of sp³-hybridized carbons (Fsp3) is 0.348. The van der Waals surface area contributed by atoms with Gasteiger partial charge in [0.1, 0.15) is 17.8 Å². The highest BCUT2D eigenvalue weighted by molar-refractivity contribution is 5.97. The summed E-state index contributed by atoms with van der Waals surface area (Å²) in [7, 11) is 0. The molecule has 0 saturated carbocycles. The van der Waals surface area contributed by atoms with Crippen molar-refractivity contribution in [3.05, 3.63) is 53.3 Å². The van der Waals surface area contributed by atoms with Gasteiger partial charge in [-0.05, 0) is 54.0 Å². The summed E-state index contributed by atoms with van der Waals surface area (Å²) in [4.78, 5) is 21.3. The number of aliphatic hydroxyl groups is 1. The van der Waals surface area contributed by atoms with E-state index < -0.39 is 6.04 Å². The maximum absolute atomic E-state index is 12.2. The summed E-state index contributed by atoms with van der Waals surface area (Å²) in [5.41, 5.74) is 11.5. The Morgan fingerprint density at radius 1 is 1.40 bits per heavy atom. The van der Waals surface area contributed by atoms with Crippen LogP contribution in [0.5, 0.6) is 0 Å². The number of aryl methyl sites for hydroxylation is 1. The van der Waals surface area contributed by atoms with Crippen molar-refractivity contribution in [2.75, 3.05) is 19.7 Å². The first-order valence-electron chi connectivity index (χ1n) is 10.2. The number of carbonyl (C=O) groups excluding carboxylic acids is 1. The minimum Gasteiger partial charge on any atom is -0.394 e. The zero-order valence-electron chi connectivity index (χ0n) is 16.9. The number of carbonyl (C=O) groups is 1. The molecule has 1 unspecified atom stereocenters. The van der Waals surface area contributed by atoms with Gasteiger partial charge in [-0.1, -0.05) is 18.2 Å². The number of rotatable bonds is 4. The third-order valence-corrected chi connectivity index (χ3v) is 6.04. The molecular formula is C23H25N5O2. The van der Waals surface area contributed by atoms with E-state index in [4.69, 9.17) is 10.8 Å². The first-order valence-corrected chi connectivity index (χ1v) is 10.2. The Kier molecular flexibility index (Phi) is 5.53. The smallest absolute Gasteiger partial charge is 0.241 e. The lowest BCUT2D eigenvalue weighted by Gasteiger charge is -2.34. The highest BCUT2D eigenvalue weighted by Crippen LogP contribution is 2.35. The standard InChI is InChI=1S/C23H25N5O2/c1-14-10-16(19-4-7-26-22-21(19)17(11-24)12-27-22)2-3-18(14)15-5-8-28(9-6-15)23(30)20(25)13-29/h2-4,7,10,12,15,20,29H,5-6,8-9,13,25H2,1H3,(H,26,27). The first-order chi connectivity index (χ1) is 14.5. The zero-order chi connectivity index (χ0) is 21.3. The van der Waals surface area contributed by atoms with Crippen molar-refractivity contribution >= 4 is 16.9 Å². The van der Waals surface area contributed by atoms with Gasteiger partial charge in [0.25, 0.3) is 0 Å². The molecular weight excluding hydrogens is 378 g/mol. The van der Waals surface area contributed by atoms with Crippen LogP contribution >= 0.6 is 0 Å². The van der Waals surface area contributed by atoms with Gasteiger partial charge in [-0.2, -0.15) is 5.26 Å². The van der Waals surface area contributed by atoms with Crippen LogP contribution in [0.1, 0.15) is 35.4 Å². The number of nitrogens with zero attached hydrogens (tertiary/aromatic N) is 3. The number of benzene rings is 1. The Hall–Kier alpha value is -3.21. The average molecular weight is 403 g/mol. The van der Waals surface area contributed by atoms with Crippen LogP contribution in [-0.4, -0.2) is 51.6 Å². The van der Waals surface area contributed by atoms with E-state index in [2.05, 4.69) is 41.2 Å². The molecule has 1 amide bonds. The second kappa shape index (κ2) is 8.27. The van der Waals surface area contributed by atoms with E-state index in [1.165, 1.54) is 11.1 Å². The molecule has 1 aliphatic heterocycles. The zero-order valence-corrected chi connectivity index (χ0v) is 16.9. The third-order valence-electron chi connectivity index (χ3n) is 6.04. The second-order valence-electron chi connectivity index (χ2n) is 7.86. The number of likely N-dealkylation sites (tertiary alicyclic amines) is 1. The van der Waals surface area contributed by atoms with Gasteiger partial charge < -0.3 is 20.7 Å². The number of hydrogen-bond donors (Lipinski definition) is 3. The molecule has 1 fully saturated rings. The predicted octanol–water partition coefficient (Wildman–Crippen LogP) is 2.44. The number of piperidine rings is 1. The number of nitrogens with two attached hydrogens (primary N) is 1. The molecule has 3 aromatic rings. The predicted molar refractivity (Wildman–Crippen MR) is 115 cm³/mol. The number of amides is 1. The van der Waals surface area contributed by atoms with Crippen LogP contribution in [0, 0.1) is 18.3 Å². The number of nitriles is 1. The Morgan fingerprint density at radius 3 is 2.83 bits per heavy atom. The van der Waals surface area contributed by atoms with E-state index in [1.54, 1.807) is 17.3 Å². The van der Waals surface area contributed by atoms with Crippen molar-refractivity contribution in [2.24, 2.45) is 5.73 Å². The summed E-state index contributed by atoms with van der Waals surface area (Å²) in [5.74, 6) is 0.206. The number of fused-ring (bicyclic) bond motifs is 1. The minimum absolute atomic E-state index is 0.176. The van der Waals surface area contributed by atoms with Crippen molar-refractivity contribution in [2.45, 2.75) is 31.7 Å². The molecule has 7 nitrogen and oxygen atoms in total. The van der Waals surface area contributed by atoms with Crippen LogP contribution in [0.25, 0.3) is 22.2 Å². The van der Waals surface area contributed by atoms with Crippen LogP contribution < -0.4 is 5.73 Å². The minimum atomic E-state index is -0.827. The summed E-state index contributed by atoms with van der Waals surface area (Å²) in [6.07, 6.45) is 5.20. The SMILES string of the molecule is Cc1cc(-c2ccnc3[nH]cc(C#N)c23)ccc1C1CCN(C(=O)C(N)CO)CC1. The van der Waals surface area contributed by atoms with E-state index >= 15 is 0 Å². The quantitative estimate of drug-likeness (QED) is 0.618. The lowest BCUT2D eigenvalue weighted by molar-refractivity contribution is -0.134. The summed E-state index contributed by atoms with van der Waals surface area (Å²) in [6, 6.07) is 9.78. The van der Waals surface area contributed by atoms with Gasteiger partial charge in [0.2, 0.25) is 5.91 Å². The van der Waals surface area contributed by atoms with Crippen LogP contribution in [0.2, 0.25) is 0 Å². The molecule has 1 aromatic carbocycles. The van der Waals surface area contributed by atoms with Gasteiger partial charge in [0.05, 0.1) is 12.2 Å². The molecule has 0 aliphatic carbocycles. The Labute approximate surface area is 175 Å². The number of hydrogen-bond acceptors (Lipinski definition) is 5. The highest BCUT2D eigenvalue weighted by Gasteiger charge is 2.27. The maximum Gasteiger partial charge on any atom is 0.241 e. The van der Waals surface area contributed by atoms with Crippen molar-refractivity contribution in [1.82, 2.24) is 14.9 Å². The monoisotopic (exact) mass is 403 g/mol. The molecule has 1 aliphatic rings. The van der Waals surface area contributed by atoms with Crippen molar-refractivity contribution in [3.63, 3.8) is 0 Å². The van der Waals surface area contributed by atoms with E-state index in [0.29, 0.717) is 30.2 Å². The van der Waals surface area contributed by atoms with E-state index in [9.17, 15) is 10.1 Å². The van der Waals surface area contributed by atoms with E-state index in [-0.39, 0.29) is 12.5 Å². The van der Waals surface area contributed by atoms with E-state index in [1.807, 2.05) is 6.07 Å². The van der Waals surface area contributed by atoms with E-state index in [0.717, 1.165) is 29.4 Å². The molecule has 2 aromatic heterocycles. The van der Waals surface area contributed by atoms with Gasteiger partial charge in [-0.25, -0.2) is 4.98 Å². The molecule has 1 atom stereocenters. The van der Waals surface area contributed by atoms with Gasteiger partial charge in [0.15, 0.2) is 0 Å². The molecule has 4 rings (SSSR count). The highest BCUT2D eigenvalue weighted by atomic mass is 16.3. The normalized spacial score (nSPS) is 15.9. The summed E-state index contributed by atoms with van der Waals surface area (Å²) < 4.78 is 0. The van der Waals surface area contributed by atoms with Crippen molar-refractivity contribution in [1.29, 1.82) is 5.26 Å². The Morgan fingerprint density at radius 2 is 2.17 bits per heavy atom. The number of aliphatic hydroxyl groups excluding tert-OH is 1. The topological polar surface area (TPSA) is 119 Å². The molecule has 0 radical (unpaired) electrons. The van der Waals surface area contributed by atoms with Gasteiger partial charge in [-0.3, -0.25) is 4.79 Å². The fourth-order valence-corrected chi connectivity index (χ4v) is 4.41. The molecule has 0 spiro atoms. The molecule has 154 valence electrons. The molecule has 7 heteroatoms. The first kappa shape index (κ1) is 20.1. The number of H-pyrrole nitrogens is 1. The Bertz CT molecular complexity index is 1120. The van der Waals surface area contributed by atoms with Gasteiger partial charge in [-0.15, -0.1) is 0 Å². The van der Waals surface area contributed by atoms with Crippen LogP contribution in [-0.2, 0) is 4.79 Å². The third kappa shape index (κ3) is 3.56. The Balaban J connectivity index is 1.56. The number of nitrogens with one attached hydrogen (secondary N) is 1. The largest absolute Gasteiger partial charge is 0.394 e.